The van der Waals surface area contributed by atoms with Gasteiger partial charge in [-0.25, -0.2) is 0 Å². The maximum absolute atomic E-state index is 13.7. The monoisotopic (exact) mass is 501 g/mol. The number of hydrogen-bond donors (Lipinski definition) is 2. The Balaban J connectivity index is 1.90. The van der Waals surface area contributed by atoms with Crippen LogP contribution in [-0.2, 0) is 17.8 Å². The Labute approximate surface area is 220 Å². The molecule has 0 spiro atoms. The first kappa shape index (κ1) is 28.0. The summed E-state index contributed by atoms with van der Waals surface area (Å²) in [7, 11) is 0. The third kappa shape index (κ3) is 8.21. The van der Waals surface area contributed by atoms with Crippen LogP contribution in [0.3, 0.4) is 0 Å². The van der Waals surface area contributed by atoms with Crippen LogP contribution in [0, 0.1) is 33.6 Å². The van der Waals surface area contributed by atoms with E-state index in [4.69, 9.17) is 4.74 Å². The van der Waals surface area contributed by atoms with Gasteiger partial charge in [-0.1, -0.05) is 67.4 Å². The van der Waals surface area contributed by atoms with Crippen molar-refractivity contribution in [1.82, 2.24) is 5.32 Å². The first-order valence-electron chi connectivity index (χ1n) is 12.9. The number of carbonyl (C=O) groups excluding carboxylic acids is 1. The predicted octanol–water partition coefficient (Wildman–Crippen LogP) is 7.03. The summed E-state index contributed by atoms with van der Waals surface area (Å²) in [5, 5.41) is 12.5. The topological polar surface area (TPSA) is 75.6 Å². The molecular weight excluding hydrogens is 462 g/mol. The van der Waals surface area contributed by atoms with E-state index in [1.165, 1.54) is 0 Å². The van der Waals surface area contributed by atoms with Gasteiger partial charge in [0.1, 0.15) is 12.4 Å². The average molecular weight is 502 g/mol. The smallest absolute Gasteiger partial charge is 0.303 e. The van der Waals surface area contributed by atoms with Crippen molar-refractivity contribution in [3.8, 4) is 5.75 Å². The van der Waals surface area contributed by atoms with Gasteiger partial charge in [-0.2, -0.15) is 0 Å². The Morgan fingerprint density at radius 1 is 0.892 bits per heavy atom. The van der Waals surface area contributed by atoms with E-state index in [2.05, 4.69) is 51.2 Å². The minimum absolute atomic E-state index is 0.0366. The molecule has 3 aromatic carbocycles. The number of amides is 1. The number of hydrogen-bond acceptors (Lipinski definition) is 3. The van der Waals surface area contributed by atoms with E-state index >= 15 is 0 Å². The van der Waals surface area contributed by atoms with Gasteiger partial charge >= 0.3 is 5.97 Å². The number of benzene rings is 3. The number of nitrogens with one attached hydrogen (secondary N) is 1. The van der Waals surface area contributed by atoms with E-state index < -0.39 is 5.97 Å². The summed E-state index contributed by atoms with van der Waals surface area (Å²) in [6.45, 7) is 12.8. The molecule has 0 saturated carbocycles. The number of aryl methyl sites for hydroxylation is 5. The fourth-order valence-corrected chi connectivity index (χ4v) is 4.61. The van der Waals surface area contributed by atoms with Crippen LogP contribution in [0.5, 0.6) is 5.75 Å². The summed E-state index contributed by atoms with van der Waals surface area (Å²) in [6.07, 6.45) is 1.05. The summed E-state index contributed by atoms with van der Waals surface area (Å²) >= 11 is 0. The molecule has 0 saturated heterocycles. The van der Waals surface area contributed by atoms with Crippen molar-refractivity contribution in [2.45, 2.75) is 73.5 Å². The first-order chi connectivity index (χ1) is 17.5. The van der Waals surface area contributed by atoms with Crippen LogP contribution in [0.1, 0.15) is 82.0 Å². The zero-order valence-corrected chi connectivity index (χ0v) is 22.9. The van der Waals surface area contributed by atoms with Gasteiger partial charge < -0.3 is 15.2 Å². The van der Waals surface area contributed by atoms with Gasteiger partial charge in [0.15, 0.2) is 0 Å². The van der Waals surface area contributed by atoms with Gasteiger partial charge in [-0.05, 0) is 86.4 Å². The number of carboxylic acid groups (broad SMARTS) is 1. The Hall–Kier alpha value is -3.60. The second-order valence-corrected chi connectivity index (χ2v) is 10.5. The van der Waals surface area contributed by atoms with Crippen LogP contribution in [-0.4, -0.2) is 17.0 Å². The van der Waals surface area contributed by atoms with Crippen molar-refractivity contribution in [2.24, 2.45) is 5.92 Å². The molecule has 0 aliphatic carbocycles. The Morgan fingerprint density at radius 3 is 2.24 bits per heavy atom. The molecule has 0 unspecified atom stereocenters. The van der Waals surface area contributed by atoms with Crippen molar-refractivity contribution in [3.63, 3.8) is 0 Å². The molecule has 196 valence electrons. The molecule has 0 aliphatic heterocycles. The SMILES string of the molecule is Cc1cc(C)cc([C@@H](CC(C)C)NC(=O)c2cc(COc3cc(C)ccc3C)ccc2CCC(=O)O)c1. The van der Waals surface area contributed by atoms with Gasteiger partial charge in [0, 0.05) is 12.0 Å². The van der Waals surface area contributed by atoms with Gasteiger partial charge in [0.05, 0.1) is 6.04 Å². The molecule has 1 atom stereocenters. The molecular formula is C32H39NO4. The highest BCUT2D eigenvalue weighted by atomic mass is 16.5. The van der Waals surface area contributed by atoms with Crippen molar-refractivity contribution in [3.05, 3.63) is 99.1 Å². The van der Waals surface area contributed by atoms with E-state index in [1.54, 1.807) is 0 Å². The lowest BCUT2D eigenvalue weighted by atomic mass is 9.93. The largest absolute Gasteiger partial charge is 0.489 e. The quantitative estimate of drug-likeness (QED) is 0.296. The summed E-state index contributed by atoms with van der Waals surface area (Å²) < 4.78 is 6.08. The van der Waals surface area contributed by atoms with Crippen molar-refractivity contribution < 1.29 is 19.4 Å². The summed E-state index contributed by atoms with van der Waals surface area (Å²) in [5.74, 6) is 0.114. The number of rotatable bonds is 11. The normalized spacial score (nSPS) is 11.9. The molecule has 3 rings (SSSR count). The molecule has 2 N–H and O–H groups in total. The van der Waals surface area contributed by atoms with E-state index in [0.717, 1.165) is 51.1 Å². The van der Waals surface area contributed by atoms with Gasteiger partial charge in [0.2, 0.25) is 0 Å². The maximum atomic E-state index is 13.7. The maximum Gasteiger partial charge on any atom is 0.303 e. The zero-order valence-electron chi connectivity index (χ0n) is 22.9. The molecule has 5 nitrogen and oxygen atoms in total. The zero-order chi connectivity index (χ0) is 27.1. The lowest BCUT2D eigenvalue weighted by Crippen LogP contribution is -2.30. The number of aliphatic carboxylic acids is 1. The molecule has 0 fully saturated rings. The average Bonchev–Trinajstić information content (AvgIpc) is 2.82. The predicted molar refractivity (Wildman–Crippen MR) is 148 cm³/mol. The van der Waals surface area contributed by atoms with Crippen LogP contribution in [0.4, 0.5) is 0 Å². The molecule has 1 amide bonds. The van der Waals surface area contributed by atoms with Crippen molar-refractivity contribution in [2.75, 3.05) is 0 Å². The highest BCUT2D eigenvalue weighted by molar-refractivity contribution is 5.96. The van der Waals surface area contributed by atoms with Crippen LogP contribution in [0.15, 0.2) is 54.6 Å². The Morgan fingerprint density at radius 2 is 1.59 bits per heavy atom. The third-order valence-corrected chi connectivity index (χ3v) is 6.42. The highest BCUT2D eigenvalue weighted by Crippen LogP contribution is 2.26. The Kier molecular flexibility index (Phi) is 9.51. The van der Waals surface area contributed by atoms with Gasteiger partial charge in [-0.3, -0.25) is 9.59 Å². The fourth-order valence-electron chi connectivity index (χ4n) is 4.61. The second-order valence-electron chi connectivity index (χ2n) is 10.5. The third-order valence-electron chi connectivity index (χ3n) is 6.42. The van der Waals surface area contributed by atoms with E-state index in [1.807, 2.05) is 50.2 Å². The van der Waals surface area contributed by atoms with Crippen LogP contribution >= 0.6 is 0 Å². The number of ether oxygens (including phenoxy) is 1. The Bertz CT molecular complexity index is 1240. The van der Waals surface area contributed by atoms with E-state index in [0.29, 0.717) is 18.1 Å². The molecule has 0 aliphatic rings. The lowest BCUT2D eigenvalue weighted by molar-refractivity contribution is -0.136. The summed E-state index contributed by atoms with van der Waals surface area (Å²) in [5.41, 5.74) is 7.65. The summed E-state index contributed by atoms with van der Waals surface area (Å²) in [4.78, 5) is 24.9. The fraction of sp³-hybridized carbons (Fsp3) is 0.375. The van der Waals surface area contributed by atoms with Crippen LogP contribution in [0.25, 0.3) is 0 Å². The second kappa shape index (κ2) is 12.6. The lowest BCUT2D eigenvalue weighted by Gasteiger charge is -2.23. The molecule has 0 aromatic heterocycles. The standard InChI is InChI=1S/C32H39NO4/c1-20(2)13-29(27-15-22(4)14-23(5)16-27)33-32(36)28-18-25(9-10-26(28)11-12-31(34)35)19-37-30-17-21(3)7-8-24(30)6/h7-10,14-18,20,29H,11-13,19H2,1-6H3,(H,33,36)(H,34,35)/t29-/m1/s1. The molecule has 0 bridgehead atoms. The molecule has 37 heavy (non-hydrogen) atoms. The highest BCUT2D eigenvalue weighted by Gasteiger charge is 2.21. The number of carbonyl (C=O) groups is 2. The van der Waals surface area contributed by atoms with Crippen LogP contribution < -0.4 is 10.1 Å². The summed E-state index contributed by atoms with van der Waals surface area (Å²) in [6, 6.07) is 17.9. The molecule has 0 heterocycles. The minimum Gasteiger partial charge on any atom is -0.489 e. The molecule has 5 heteroatoms. The van der Waals surface area contributed by atoms with Gasteiger partial charge in [0.25, 0.3) is 5.91 Å². The minimum atomic E-state index is -0.887. The molecule has 3 aromatic rings. The first-order valence-corrected chi connectivity index (χ1v) is 12.9. The van der Waals surface area contributed by atoms with E-state index in [9.17, 15) is 14.7 Å². The van der Waals surface area contributed by atoms with Crippen molar-refractivity contribution >= 4 is 11.9 Å². The van der Waals surface area contributed by atoms with E-state index in [-0.39, 0.29) is 24.8 Å². The van der Waals surface area contributed by atoms with Gasteiger partial charge in [-0.15, -0.1) is 0 Å². The van der Waals surface area contributed by atoms with Crippen molar-refractivity contribution in [1.29, 1.82) is 0 Å². The number of carboxylic acids is 1. The van der Waals surface area contributed by atoms with Crippen LogP contribution in [0.2, 0.25) is 0 Å². The molecule has 0 radical (unpaired) electrons.